The maximum Gasteiger partial charge on any atom is 0.174 e. The van der Waals surface area contributed by atoms with Crippen molar-refractivity contribution in [1.82, 2.24) is 14.9 Å². The largest absolute Gasteiger partial charge is 0.490 e. The van der Waals surface area contributed by atoms with E-state index >= 15 is 0 Å². The standard InChI is InChI=1S/C29H28ClFN4O2S/c1-18-16-21(19(2)34(18)25-10-5-4-8-23(25)31)28-27(24-9-6-7-13-32-24)33-29(38)35(28)20-11-12-26(22(30)17-20)37-15-14-36-3/h4-13,16-17,27-28H,14-15H2,1-3H3,(H,33,38). The third kappa shape index (κ3) is 4.87. The number of thiocarbonyl (C=S) groups is 1. The average Bonchev–Trinajstić information content (AvgIpc) is 3.41. The van der Waals surface area contributed by atoms with Crippen molar-refractivity contribution in [3.05, 3.63) is 106 Å². The molecule has 1 saturated heterocycles. The fourth-order valence-corrected chi connectivity index (χ4v) is 5.61. The molecule has 0 aliphatic carbocycles. The van der Waals surface area contributed by atoms with Gasteiger partial charge in [0.1, 0.15) is 18.2 Å². The van der Waals surface area contributed by atoms with Gasteiger partial charge in [0.15, 0.2) is 5.11 Å². The Hall–Kier alpha value is -3.46. The molecule has 1 aliphatic rings. The summed E-state index contributed by atoms with van der Waals surface area (Å²) in [7, 11) is 1.62. The molecule has 1 N–H and O–H groups in total. The Morgan fingerprint density at radius 3 is 2.55 bits per heavy atom. The van der Waals surface area contributed by atoms with Crippen molar-refractivity contribution in [2.24, 2.45) is 0 Å². The summed E-state index contributed by atoms with van der Waals surface area (Å²) in [4.78, 5) is 6.68. The van der Waals surface area contributed by atoms with Crippen molar-refractivity contribution in [3.8, 4) is 11.4 Å². The number of pyridine rings is 1. The van der Waals surface area contributed by atoms with Crippen molar-refractivity contribution < 1.29 is 13.9 Å². The molecule has 6 nitrogen and oxygen atoms in total. The molecule has 2 aromatic heterocycles. The zero-order valence-corrected chi connectivity index (χ0v) is 22.9. The predicted octanol–water partition coefficient (Wildman–Crippen LogP) is 6.48. The number of anilines is 1. The fraction of sp³-hybridized carbons (Fsp3) is 0.241. The highest BCUT2D eigenvalue weighted by Gasteiger charge is 2.42. The molecule has 196 valence electrons. The molecule has 0 saturated carbocycles. The van der Waals surface area contributed by atoms with E-state index in [4.69, 9.17) is 33.3 Å². The topological polar surface area (TPSA) is 51.6 Å². The van der Waals surface area contributed by atoms with Crippen LogP contribution in [0.3, 0.4) is 0 Å². The second-order valence-electron chi connectivity index (χ2n) is 9.07. The number of benzene rings is 2. The summed E-state index contributed by atoms with van der Waals surface area (Å²) in [6.45, 7) is 4.84. The number of hydrogen-bond donors (Lipinski definition) is 1. The Morgan fingerprint density at radius 2 is 1.84 bits per heavy atom. The Kier molecular flexibility index (Phi) is 7.65. The predicted molar refractivity (Wildman–Crippen MR) is 152 cm³/mol. The molecular weight excluding hydrogens is 523 g/mol. The highest BCUT2D eigenvalue weighted by molar-refractivity contribution is 7.80. The van der Waals surface area contributed by atoms with Gasteiger partial charge in [-0.3, -0.25) is 4.98 Å². The third-order valence-electron chi connectivity index (χ3n) is 6.72. The van der Waals surface area contributed by atoms with E-state index in [0.717, 1.165) is 28.3 Å². The van der Waals surface area contributed by atoms with E-state index in [9.17, 15) is 4.39 Å². The Labute approximate surface area is 232 Å². The molecule has 38 heavy (non-hydrogen) atoms. The minimum Gasteiger partial charge on any atom is -0.490 e. The fourth-order valence-electron chi connectivity index (χ4n) is 5.03. The third-order valence-corrected chi connectivity index (χ3v) is 7.33. The highest BCUT2D eigenvalue weighted by atomic mass is 35.5. The number of para-hydroxylation sites is 1. The van der Waals surface area contributed by atoms with Crippen LogP contribution in [0.1, 0.15) is 34.7 Å². The van der Waals surface area contributed by atoms with Crippen LogP contribution in [-0.2, 0) is 4.74 Å². The summed E-state index contributed by atoms with van der Waals surface area (Å²) in [5, 5.41) is 4.49. The first kappa shape index (κ1) is 26.2. The first-order chi connectivity index (χ1) is 18.4. The summed E-state index contributed by atoms with van der Waals surface area (Å²) in [6, 6.07) is 19.8. The number of halogens is 2. The molecule has 0 spiro atoms. The van der Waals surface area contributed by atoms with Gasteiger partial charge < -0.3 is 24.3 Å². The van der Waals surface area contributed by atoms with E-state index in [1.54, 1.807) is 25.4 Å². The normalized spacial score (nSPS) is 17.1. The van der Waals surface area contributed by atoms with E-state index < -0.39 is 0 Å². The van der Waals surface area contributed by atoms with Crippen LogP contribution in [0.15, 0.2) is 72.9 Å². The van der Waals surface area contributed by atoms with Gasteiger partial charge in [-0.2, -0.15) is 0 Å². The lowest BCUT2D eigenvalue weighted by Gasteiger charge is -2.28. The molecule has 0 bridgehead atoms. The highest BCUT2D eigenvalue weighted by Crippen LogP contribution is 2.45. The molecule has 2 aromatic carbocycles. The SMILES string of the molecule is COCCOc1ccc(N2C(=S)NC(c3ccccn3)C2c2cc(C)n(-c3ccccc3F)c2C)cc1Cl. The van der Waals surface area contributed by atoms with Gasteiger partial charge in [-0.1, -0.05) is 29.8 Å². The van der Waals surface area contributed by atoms with E-state index in [0.29, 0.717) is 34.8 Å². The van der Waals surface area contributed by atoms with Gasteiger partial charge in [-0.25, -0.2) is 4.39 Å². The minimum atomic E-state index is -0.283. The number of rotatable bonds is 8. The van der Waals surface area contributed by atoms with Crippen LogP contribution in [0.2, 0.25) is 5.02 Å². The lowest BCUT2D eigenvalue weighted by molar-refractivity contribution is 0.146. The summed E-state index contributed by atoms with van der Waals surface area (Å²) < 4.78 is 27.6. The number of aryl methyl sites for hydroxylation is 1. The van der Waals surface area contributed by atoms with E-state index in [1.165, 1.54) is 6.07 Å². The molecule has 1 fully saturated rings. The number of nitrogens with one attached hydrogen (secondary N) is 1. The lowest BCUT2D eigenvalue weighted by atomic mass is 9.96. The molecular formula is C29H28ClFN4O2S. The number of nitrogens with zero attached hydrogens (tertiary/aromatic N) is 3. The van der Waals surface area contributed by atoms with Gasteiger partial charge in [-0.05, 0) is 80.2 Å². The number of aromatic nitrogens is 2. The van der Waals surface area contributed by atoms with Gasteiger partial charge in [0, 0.05) is 30.4 Å². The second-order valence-corrected chi connectivity index (χ2v) is 9.86. The molecule has 3 heterocycles. The zero-order valence-electron chi connectivity index (χ0n) is 21.3. The summed E-state index contributed by atoms with van der Waals surface area (Å²) >= 11 is 12.5. The summed E-state index contributed by atoms with van der Waals surface area (Å²) in [6.07, 6.45) is 1.77. The Balaban J connectivity index is 1.61. The van der Waals surface area contributed by atoms with E-state index in [1.807, 2.05) is 65.8 Å². The number of ether oxygens (including phenoxy) is 2. The molecule has 0 amide bonds. The average molecular weight is 551 g/mol. The van der Waals surface area contributed by atoms with E-state index in [-0.39, 0.29) is 17.9 Å². The number of hydrogen-bond acceptors (Lipinski definition) is 4. The van der Waals surface area contributed by atoms with Crippen LogP contribution in [0.25, 0.3) is 5.69 Å². The van der Waals surface area contributed by atoms with Gasteiger partial charge in [0.2, 0.25) is 0 Å². The van der Waals surface area contributed by atoms with Crippen molar-refractivity contribution in [1.29, 1.82) is 0 Å². The maximum atomic E-state index is 14.9. The smallest absolute Gasteiger partial charge is 0.174 e. The lowest BCUT2D eigenvalue weighted by Crippen LogP contribution is -2.29. The summed E-state index contributed by atoms with van der Waals surface area (Å²) in [5.74, 6) is 0.288. The summed E-state index contributed by atoms with van der Waals surface area (Å²) in [5.41, 5.74) is 5.00. The van der Waals surface area contributed by atoms with Crippen LogP contribution < -0.4 is 15.0 Å². The van der Waals surface area contributed by atoms with Crippen LogP contribution in [-0.4, -0.2) is 35.0 Å². The molecule has 0 radical (unpaired) electrons. The monoisotopic (exact) mass is 550 g/mol. The number of methoxy groups -OCH3 is 1. The maximum absolute atomic E-state index is 14.9. The van der Waals surface area contributed by atoms with Crippen LogP contribution in [0.5, 0.6) is 5.75 Å². The van der Waals surface area contributed by atoms with Crippen molar-refractivity contribution >= 4 is 34.6 Å². The van der Waals surface area contributed by atoms with Crippen LogP contribution in [0.4, 0.5) is 10.1 Å². The van der Waals surface area contributed by atoms with E-state index in [2.05, 4.69) is 16.4 Å². The first-order valence-corrected chi connectivity index (χ1v) is 13.0. The molecule has 1 aliphatic heterocycles. The Bertz CT molecular complexity index is 1460. The Morgan fingerprint density at radius 1 is 1.05 bits per heavy atom. The quantitative estimate of drug-likeness (QED) is 0.200. The second kappa shape index (κ2) is 11.1. The minimum absolute atomic E-state index is 0.241. The molecule has 4 aromatic rings. The first-order valence-electron chi connectivity index (χ1n) is 12.3. The zero-order chi connectivity index (χ0) is 26.8. The molecule has 9 heteroatoms. The van der Waals surface area contributed by atoms with Crippen molar-refractivity contribution in [3.63, 3.8) is 0 Å². The van der Waals surface area contributed by atoms with Crippen LogP contribution >= 0.6 is 23.8 Å². The van der Waals surface area contributed by atoms with Crippen molar-refractivity contribution in [2.45, 2.75) is 25.9 Å². The van der Waals surface area contributed by atoms with Gasteiger partial charge in [0.25, 0.3) is 0 Å². The van der Waals surface area contributed by atoms with Gasteiger partial charge in [-0.15, -0.1) is 0 Å². The molecule has 5 rings (SSSR count). The van der Waals surface area contributed by atoms with Gasteiger partial charge in [0.05, 0.1) is 35.1 Å². The molecule has 2 unspecified atom stereocenters. The van der Waals surface area contributed by atoms with Gasteiger partial charge >= 0.3 is 0 Å². The van der Waals surface area contributed by atoms with Crippen molar-refractivity contribution in [2.75, 3.05) is 25.2 Å². The van der Waals surface area contributed by atoms with Crippen LogP contribution in [0, 0.1) is 19.7 Å². The molecule has 2 atom stereocenters.